The van der Waals surface area contributed by atoms with E-state index in [9.17, 15) is 0 Å². The number of aryl methyl sites for hydroxylation is 1. The van der Waals surface area contributed by atoms with Gasteiger partial charge in [0.15, 0.2) is 0 Å². The Kier molecular flexibility index (Phi) is 4.97. The fourth-order valence-corrected chi connectivity index (χ4v) is 2.41. The molecule has 2 aromatic carbocycles. The summed E-state index contributed by atoms with van der Waals surface area (Å²) in [4.78, 5) is 0. The molecule has 1 heteroatoms. The zero-order valence-corrected chi connectivity index (χ0v) is 12.8. The summed E-state index contributed by atoms with van der Waals surface area (Å²) in [6.45, 7) is 6.61. The van der Waals surface area contributed by atoms with Crippen molar-refractivity contribution in [2.45, 2.75) is 45.6 Å². The Balaban J connectivity index is 2.04. The predicted octanol–water partition coefficient (Wildman–Crippen LogP) is 4.61. The van der Waals surface area contributed by atoms with E-state index in [4.69, 9.17) is 5.73 Å². The van der Waals surface area contributed by atoms with Crippen molar-refractivity contribution >= 4 is 0 Å². The highest BCUT2D eigenvalue weighted by Gasteiger charge is 2.07. The normalized spacial score (nSPS) is 12.7. The first-order valence-corrected chi connectivity index (χ1v) is 7.53. The molecule has 0 aliphatic heterocycles. The molecule has 0 aliphatic rings. The molecule has 0 spiro atoms. The van der Waals surface area contributed by atoms with Crippen molar-refractivity contribution in [2.75, 3.05) is 0 Å². The largest absolute Gasteiger partial charge is 0.324 e. The molecular formula is C19H25N. The van der Waals surface area contributed by atoms with Gasteiger partial charge in [-0.05, 0) is 41.0 Å². The molecular weight excluding hydrogens is 242 g/mol. The first-order chi connectivity index (χ1) is 9.60. The summed E-state index contributed by atoms with van der Waals surface area (Å²) in [7, 11) is 0. The second kappa shape index (κ2) is 6.71. The molecule has 2 rings (SSSR count). The lowest BCUT2D eigenvalue weighted by Gasteiger charge is -2.13. The quantitative estimate of drug-likeness (QED) is 0.840. The van der Waals surface area contributed by atoms with Crippen molar-refractivity contribution in [3.8, 4) is 0 Å². The van der Waals surface area contributed by atoms with Crippen LogP contribution in [0.5, 0.6) is 0 Å². The number of rotatable bonds is 5. The van der Waals surface area contributed by atoms with E-state index >= 15 is 0 Å². The van der Waals surface area contributed by atoms with Crippen LogP contribution in [0.3, 0.4) is 0 Å². The smallest absolute Gasteiger partial charge is 0.0335 e. The first-order valence-electron chi connectivity index (χ1n) is 7.53. The average molecular weight is 267 g/mol. The molecule has 2 aromatic rings. The van der Waals surface area contributed by atoms with E-state index in [2.05, 4.69) is 69.3 Å². The van der Waals surface area contributed by atoms with Crippen molar-refractivity contribution in [2.24, 2.45) is 5.73 Å². The summed E-state index contributed by atoms with van der Waals surface area (Å²) in [6, 6.07) is 17.6. The van der Waals surface area contributed by atoms with Crippen molar-refractivity contribution in [3.63, 3.8) is 0 Å². The maximum absolute atomic E-state index is 6.32. The molecule has 1 unspecified atom stereocenters. The maximum Gasteiger partial charge on any atom is 0.0335 e. The van der Waals surface area contributed by atoms with Gasteiger partial charge in [0.2, 0.25) is 0 Å². The van der Waals surface area contributed by atoms with Crippen LogP contribution in [0.1, 0.15) is 55.0 Å². The first kappa shape index (κ1) is 14.8. The molecule has 20 heavy (non-hydrogen) atoms. The molecule has 0 amide bonds. The molecule has 2 N–H and O–H groups in total. The summed E-state index contributed by atoms with van der Waals surface area (Å²) >= 11 is 0. The van der Waals surface area contributed by atoms with Gasteiger partial charge in [-0.25, -0.2) is 0 Å². The van der Waals surface area contributed by atoms with Gasteiger partial charge in [0.25, 0.3) is 0 Å². The standard InChI is InChI=1S/C19H25N/c1-4-15-5-11-18(12-6-15)19(20)13-16-7-9-17(10-8-16)14(2)3/h5-12,14,19H,4,13,20H2,1-3H3. The van der Waals surface area contributed by atoms with Crippen LogP contribution in [0, 0.1) is 0 Å². The summed E-state index contributed by atoms with van der Waals surface area (Å²) in [5, 5.41) is 0. The minimum Gasteiger partial charge on any atom is -0.324 e. The Morgan fingerprint density at radius 1 is 0.800 bits per heavy atom. The Hall–Kier alpha value is -1.60. The summed E-state index contributed by atoms with van der Waals surface area (Å²) in [5.41, 5.74) is 11.6. The Morgan fingerprint density at radius 3 is 1.80 bits per heavy atom. The molecule has 0 aliphatic carbocycles. The average Bonchev–Trinajstić information content (AvgIpc) is 2.48. The third-order valence-electron chi connectivity index (χ3n) is 3.92. The minimum absolute atomic E-state index is 0.0748. The van der Waals surface area contributed by atoms with Crippen molar-refractivity contribution in [3.05, 3.63) is 70.8 Å². The van der Waals surface area contributed by atoms with Crippen LogP contribution in [0.15, 0.2) is 48.5 Å². The number of hydrogen-bond acceptors (Lipinski definition) is 1. The van der Waals surface area contributed by atoms with E-state index in [0.717, 1.165) is 12.8 Å². The van der Waals surface area contributed by atoms with Gasteiger partial charge in [0.05, 0.1) is 0 Å². The molecule has 106 valence electrons. The van der Waals surface area contributed by atoms with Gasteiger partial charge in [-0.2, -0.15) is 0 Å². The SMILES string of the molecule is CCc1ccc(C(N)Cc2ccc(C(C)C)cc2)cc1. The topological polar surface area (TPSA) is 26.0 Å². The molecule has 0 aromatic heterocycles. The van der Waals surface area contributed by atoms with Crippen LogP contribution >= 0.6 is 0 Å². The van der Waals surface area contributed by atoms with Gasteiger partial charge < -0.3 is 5.73 Å². The molecule has 1 atom stereocenters. The highest BCUT2D eigenvalue weighted by molar-refractivity contribution is 5.29. The van der Waals surface area contributed by atoms with Gasteiger partial charge in [-0.3, -0.25) is 0 Å². The molecule has 0 radical (unpaired) electrons. The lowest BCUT2D eigenvalue weighted by Crippen LogP contribution is -2.13. The fourth-order valence-electron chi connectivity index (χ4n) is 2.41. The lowest BCUT2D eigenvalue weighted by atomic mass is 9.96. The highest BCUT2D eigenvalue weighted by atomic mass is 14.6. The van der Waals surface area contributed by atoms with Crippen LogP contribution in [-0.4, -0.2) is 0 Å². The number of hydrogen-bond donors (Lipinski definition) is 1. The van der Waals surface area contributed by atoms with E-state index in [-0.39, 0.29) is 6.04 Å². The number of benzene rings is 2. The Morgan fingerprint density at radius 2 is 1.30 bits per heavy atom. The van der Waals surface area contributed by atoms with Crippen LogP contribution in [0.25, 0.3) is 0 Å². The fraction of sp³-hybridized carbons (Fsp3) is 0.368. The molecule has 0 saturated heterocycles. The van der Waals surface area contributed by atoms with Crippen LogP contribution in [-0.2, 0) is 12.8 Å². The van der Waals surface area contributed by atoms with E-state index in [1.807, 2.05) is 0 Å². The van der Waals surface area contributed by atoms with Crippen LogP contribution in [0.2, 0.25) is 0 Å². The highest BCUT2D eigenvalue weighted by Crippen LogP contribution is 2.19. The van der Waals surface area contributed by atoms with Crippen molar-refractivity contribution < 1.29 is 0 Å². The molecule has 0 saturated carbocycles. The zero-order chi connectivity index (χ0) is 14.5. The summed E-state index contributed by atoms with van der Waals surface area (Å²) in [5.74, 6) is 0.583. The summed E-state index contributed by atoms with van der Waals surface area (Å²) < 4.78 is 0. The van der Waals surface area contributed by atoms with E-state index < -0.39 is 0 Å². The minimum atomic E-state index is 0.0748. The van der Waals surface area contributed by atoms with Gasteiger partial charge in [0, 0.05) is 6.04 Å². The monoisotopic (exact) mass is 267 g/mol. The summed E-state index contributed by atoms with van der Waals surface area (Å²) in [6.07, 6.45) is 1.97. The third kappa shape index (κ3) is 3.71. The predicted molar refractivity (Wildman–Crippen MR) is 87.0 cm³/mol. The second-order valence-corrected chi connectivity index (χ2v) is 5.80. The second-order valence-electron chi connectivity index (χ2n) is 5.80. The Bertz CT molecular complexity index is 523. The van der Waals surface area contributed by atoms with Crippen LogP contribution < -0.4 is 5.73 Å². The van der Waals surface area contributed by atoms with Gasteiger partial charge in [-0.1, -0.05) is 69.3 Å². The Labute approximate surface area is 122 Å². The van der Waals surface area contributed by atoms with Crippen molar-refractivity contribution in [1.82, 2.24) is 0 Å². The van der Waals surface area contributed by atoms with E-state index in [1.165, 1.54) is 22.3 Å². The zero-order valence-electron chi connectivity index (χ0n) is 12.8. The van der Waals surface area contributed by atoms with Crippen molar-refractivity contribution in [1.29, 1.82) is 0 Å². The van der Waals surface area contributed by atoms with Crippen LogP contribution in [0.4, 0.5) is 0 Å². The van der Waals surface area contributed by atoms with Gasteiger partial charge in [-0.15, -0.1) is 0 Å². The van der Waals surface area contributed by atoms with Gasteiger partial charge in [0.1, 0.15) is 0 Å². The molecule has 0 heterocycles. The third-order valence-corrected chi connectivity index (χ3v) is 3.92. The van der Waals surface area contributed by atoms with Gasteiger partial charge >= 0.3 is 0 Å². The molecule has 0 fully saturated rings. The number of nitrogens with two attached hydrogens (primary N) is 1. The maximum atomic E-state index is 6.32. The van der Waals surface area contributed by atoms with E-state index in [1.54, 1.807) is 0 Å². The molecule has 1 nitrogen and oxygen atoms in total. The lowest BCUT2D eigenvalue weighted by molar-refractivity contribution is 0.720. The van der Waals surface area contributed by atoms with E-state index in [0.29, 0.717) is 5.92 Å². The molecule has 0 bridgehead atoms.